The van der Waals surface area contributed by atoms with Crippen LogP contribution >= 0.6 is 0 Å². The first-order chi connectivity index (χ1) is 10.6. The molecular weight excluding hydrogens is 284 g/mol. The molecule has 0 saturated carbocycles. The van der Waals surface area contributed by atoms with Gasteiger partial charge >= 0.3 is 5.97 Å². The summed E-state index contributed by atoms with van der Waals surface area (Å²) in [7, 11) is 0. The average Bonchev–Trinajstić information content (AvgIpc) is 2.85. The van der Waals surface area contributed by atoms with Crippen molar-refractivity contribution in [1.82, 2.24) is 14.6 Å². The number of aliphatic hydroxyl groups is 1. The molecule has 0 fully saturated rings. The van der Waals surface area contributed by atoms with Gasteiger partial charge < -0.3 is 15.5 Å². The first-order valence-electron chi connectivity index (χ1n) is 6.63. The van der Waals surface area contributed by atoms with Crippen LogP contribution in [-0.4, -0.2) is 30.8 Å². The first kappa shape index (κ1) is 14.0. The van der Waals surface area contributed by atoms with E-state index in [2.05, 4.69) is 15.4 Å². The maximum absolute atomic E-state index is 11.0. The van der Waals surface area contributed by atoms with Gasteiger partial charge in [-0.05, 0) is 30.7 Å². The molecule has 2 heterocycles. The summed E-state index contributed by atoms with van der Waals surface area (Å²) in [5.41, 5.74) is 3.19. The number of aryl methyl sites for hydroxylation is 1. The lowest BCUT2D eigenvalue weighted by Gasteiger charge is -2.08. The maximum atomic E-state index is 11.0. The molecule has 112 valence electrons. The highest BCUT2D eigenvalue weighted by atomic mass is 16.4. The molecule has 7 nitrogen and oxygen atoms in total. The van der Waals surface area contributed by atoms with Crippen LogP contribution in [0.1, 0.15) is 21.5 Å². The minimum Gasteiger partial charge on any atom is -0.478 e. The number of fused-ring (bicyclic) bond motifs is 1. The van der Waals surface area contributed by atoms with Gasteiger partial charge in [0, 0.05) is 17.4 Å². The van der Waals surface area contributed by atoms with E-state index < -0.39 is 5.97 Å². The van der Waals surface area contributed by atoms with Crippen molar-refractivity contribution in [3.05, 3.63) is 53.5 Å². The summed E-state index contributed by atoms with van der Waals surface area (Å²) in [6.07, 6.45) is 3.14. The number of aliphatic hydroxyl groups excluding tert-OH is 1. The van der Waals surface area contributed by atoms with Gasteiger partial charge in [0.1, 0.15) is 11.8 Å². The Kier molecular flexibility index (Phi) is 3.48. The molecule has 0 spiro atoms. The highest BCUT2D eigenvalue weighted by Gasteiger charge is 2.12. The molecule has 22 heavy (non-hydrogen) atoms. The summed E-state index contributed by atoms with van der Waals surface area (Å²) in [5.74, 6) is -0.437. The third-order valence-electron chi connectivity index (χ3n) is 3.47. The van der Waals surface area contributed by atoms with Crippen molar-refractivity contribution in [1.29, 1.82) is 0 Å². The van der Waals surface area contributed by atoms with Crippen LogP contribution in [0.5, 0.6) is 0 Å². The van der Waals surface area contributed by atoms with E-state index in [0.29, 0.717) is 11.5 Å². The fourth-order valence-corrected chi connectivity index (χ4v) is 2.33. The van der Waals surface area contributed by atoms with Gasteiger partial charge in [-0.25, -0.2) is 14.3 Å². The van der Waals surface area contributed by atoms with E-state index in [1.54, 1.807) is 22.8 Å². The number of hydrogen-bond acceptors (Lipinski definition) is 5. The van der Waals surface area contributed by atoms with E-state index >= 15 is 0 Å². The van der Waals surface area contributed by atoms with Crippen LogP contribution in [0.4, 0.5) is 11.5 Å². The van der Waals surface area contributed by atoms with Crippen molar-refractivity contribution >= 4 is 23.0 Å². The van der Waals surface area contributed by atoms with E-state index in [-0.39, 0.29) is 12.2 Å². The number of aromatic carboxylic acids is 1. The second-order valence-electron chi connectivity index (χ2n) is 4.85. The minimum atomic E-state index is -0.988. The number of nitrogens with zero attached hydrogens (tertiary/aromatic N) is 3. The van der Waals surface area contributed by atoms with Crippen molar-refractivity contribution in [2.24, 2.45) is 0 Å². The van der Waals surface area contributed by atoms with Gasteiger partial charge in [-0.2, -0.15) is 5.10 Å². The van der Waals surface area contributed by atoms with Crippen LogP contribution < -0.4 is 5.32 Å². The van der Waals surface area contributed by atoms with E-state index in [4.69, 9.17) is 5.11 Å². The maximum Gasteiger partial charge on any atom is 0.335 e. The summed E-state index contributed by atoms with van der Waals surface area (Å²) in [4.78, 5) is 15.2. The Morgan fingerprint density at radius 3 is 2.95 bits per heavy atom. The number of benzene rings is 1. The zero-order chi connectivity index (χ0) is 15.7. The van der Waals surface area contributed by atoms with Gasteiger partial charge in [-0.1, -0.05) is 6.07 Å². The number of aromatic nitrogens is 3. The molecule has 0 aliphatic carbocycles. The molecule has 0 amide bonds. The van der Waals surface area contributed by atoms with Gasteiger partial charge in [0.05, 0.1) is 12.2 Å². The quantitative estimate of drug-likeness (QED) is 0.681. The first-order valence-corrected chi connectivity index (χ1v) is 6.63. The predicted molar refractivity (Wildman–Crippen MR) is 80.3 cm³/mol. The molecule has 7 heteroatoms. The Hall–Kier alpha value is -2.93. The molecule has 2 aromatic heterocycles. The summed E-state index contributed by atoms with van der Waals surface area (Å²) in [5, 5.41) is 25.6. The van der Waals surface area contributed by atoms with Crippen LogP contribution in [0.3, 0.4) is 0 Å². The molecule has 3 aromatic rings. The molecule has 0 saturated heterocycles. The van der Waals surface area contributed by atoms with Crippen LogP contribution in [-0.2, 0) is 6.61 Å². The predicted octanol–water partition coefficient (Wildman–Crippen LogP) is 1.97. The monoisotopic (exact) mass is 298 g/mol. The molecule has 3 rings (SSSR count). The van der Waals surface area contributed by atoms with E-state index in [1.165, 1.54) is 18.5 Å². The Balaban J connectivity index is 2.06. The highest BCUT2D eigenvalue weighted by molar-refractivity contribution is 5.89. The van der Waals surface area contributed by atoms with Gasteiger partial charge in [-0.15, -0.1) is 0 Å². The fourth-order valence-electron chi connectivity index (χ4n) is 2.33. The Labute approximate surface area is 125 Å². The second kappa shape index (κ2) is 5.45. The Bertz CT molecular complexity index is 857. The number of hydrogen-bond donors (Lipinski definition) is 3. The number of rotatable bonds is 4. The largest absolute Gasteiger partial charge is 0.478 e. The molecule has 0 bridgehead atoms. The molecule has 3 N–H and O–H groups in total. The SMILES string of the molecule is Cc1c(CO)cn2ncnc(Nc3cccc(C(=O)O)c3)c12. The lowest BCUT2D eigenvalue weighted by molar-refractivity contribution is 0.0697. The summed E-state index contributed by atoms with van der Waals surface area (Å²) in [6, 6.07) is 6.48. The van der Waals surface area contributed by atoms with Gasteiger partial charge in [0.25, 0.3) is 0 Å². The number of carboxylic acid groups (broad SMARTS) is 1. The molecular formula is C15H14N4O3. The van der Waals surface area contributed by atoms with Gasteiger partial charge in [-0.3, -0.25) is 0 Å². The third-order valence-corrected chi connectivity index (χ3v) is 3.47. The summed E-state index contributed by atoms with van der Waals surface area (Å²) in [6.45, 7) is 1.80. The van der Waals surface area contributed by atoms with Gasteiger partial charge in [0.2, 0.25) is 0 Å². The Morgan fingerprint density at radius 1 is 1.41 bits per heavy atom. The normalized spacial score (nSPS) is 10.8. The molecule has 0 aliphatic heterocycles. The fraction of sp³-hybridized carbons (Fsp3) is 0.133. The Morgan fingerprint density at radius 2 is 2.23 bits per heavy atom. The number of carboxylic acids is 1. The summed E-state index contributed by atoms with van der Waals surface area (Å²) < 4.78 is 1.64. The third kappa shape index (κ3) is 2.38. The van der Waals surface area contributed by atoms with Crippen LogP contribution in [0.15, 0.2) is 36.8 Å². The van der Waals surface area contributed by atoms with Crippen molar-refractivity contribution in [3.8, 4) is 0 Å². The summed E-state index contributed by atoms with van der Waals surface area (Å²) >= 11 is 0. The van der Waals surface area contributed by atoms with Crippen molar-refractivity contribution in [3.63, 3.8) is 0 Å². The zero-order valence-corrected chi connectivity index (χ0v) is 11.8. The molecule has 0 aliphatic rings. The number of anilines is 2. The minimum absolute atomic E-state index is 0.0802. The lowest BCUT2D eigenvalue weighted by Crippen LogP contribution is -2.02. The number of carbonyl (C=O) groups is 1. The molecule has 0 unspecified atom stereocenters. The van der Waals surface area contributed by atoms with Crippen molar-refractivity contribution in [2.75, 3.05) is 5.32 Å². The molecule has 0 radical (unpaired) electrons. The van der Waals surface area contributed by atoms with Gasteiger partial charge in [0.15, 0.2) is 5.82 Å². The standard InChI is InChI=1S/C15H14N4O3/c1-9-11(7-20)6-19-13(9)14(16-8-17-19)18-12-4-2-3-10(5-12)15(21)22/h2-6,8,20H,7H2,1H3,(H,21,22)(H,16,17,18). The van der Waals surface area contributed by atoms with Crippen LogP contribution in [0, 0.1) is 6.92 Å². The van der Waals surface area contributed by atoms with Crippen LogP contribution in [0.25, 0.3) is 5.52 Å². The number of nitrogens with one attached hydrogen (secondary N) is 1. The second-order valence-corrected chi connectivity index (χ2v) is 4.85. The average molecular weight is 298 g/mol. The topological polar surface area (TPSA) is 99.8 Å². The van der Waals surface area contributed by atoms with Crippen LogP contribution in [0.2, 0.25) is 0 Å². The molecule has 1 aromatic carbocycles. The van der Waals surface area contributed by atoms with E-state index in [9.17, 15) is 9.90 Å². The smallest absolute Gasteiger partial charge is 0.335 e. The van der Waals surface area contributed by atoms with E-state index in [1.807, 2.05) is 6.92 Å². The lowest BCUT2D eigenvalue weighted by atomic mass is 10.2. The van der Waals surface area contributed by atoms with E-state index in [0.717, 1.165) is 16.6 Å². The van der Waals surface area contributed by atoms with Crippen molar-refractivity contribution in [2.45, 2.75) is 13.5 Å². The van der Waals surface area contributed by atoms with Crippen molar-refractivity contribution < 1.29 is 15.0 Å². The highest BCUT2D eigenvalue weighted by Crippen LogP contribution is 2.25. The zero-order valence-electron chi connectivity index (χ0n) is 11.8. The molecule has 0 atom stereocenters.